The van der Waals surface area contributed by atoms with Crippen molar-refractivity contribution in [2.45, 2.75) is 18.6 Å². The fourth-order valence-electron chi connectivity index (χ4n) is 2.71. The molecule has 1 aromatic heterocycles. The minimum atomic E-state index is -0.313. The molecule has 2 aromatic carbocycles. The molecule has 9 heteroatoms. The second kappa shape index (κ2) is 11.5. The van der Waals surface area contributed by atoms with Gasteiger partial charge in [0.1, 0.15) is 10.8 Å². The summed E-state index contributed by atoms with van der Waals surface area (Å²) in [6, 6.07) is 17.1. The molecular formula is C22H24N4O3S2. The first-order chi connectivity index (χ1) is 15.0. The number of hydrogen-bond donors (Lipinski definition) is 2. The van der Waals surface area contributed by atoms with Crippen LogP contribution in [0.3, 0.4) is 0 Å². The Balaban J connectivity index is 1.39. The molecule has 3 aromatic rings. The number of ether oxygens (including phenoxy) is 1. The minimum absolute atomic E-state index is 0.0187. The number of anilines is 1. The fraction of sp³-hybridized carbons (Fsp3) is 0.273. The van der Waals surface area contributed by atoms with Gasteiger partial charge in [-0.15, -0.1) is 22.0 Å². The average molecular weight is 457 g/mol. The van der Waals surface area contributed by atoms with Crippen LogP contribution in [0.15, 0.2) is 54.6 Å². The van der Waals surface area contributed by atoms with Gasteiger partial charge in [-0.2, -0.15) is 0 Å². The van der Waals surface area contributed by atoms with E-state index in [2.05, 4.69) is 39.9 Å². The average Bonchev–Trinajstić information content (AvgIpc) is 3.27. The van der Waals surface area contributed by atoms with Crippen molar-refractivity contribution in [1.82, 2.24) is 15.5 Å². The number of nitrogens with one attached hydrogen (secondary N) is 2. The number of benzene rings is 2. The Kier molecular flexibility index (Phi) is 8.43. The summed E-state index contributed by atoms with van der Waals surface area (Å²) in [5, 5.41) is 14.7. The SMILES string of the molecule is COc1ccc(NC(=O)c2nnc(CSCC(=O)NCC(C)c3ccccc3)s2)cc1. The number of nitrogens with zero attached hydrogens (tertiary/aromatic N) is 2. The molecule has 0 radical (unpaired) electrons. The van der Waals surface area contributed by atoms with Crippen molar-refractivity contribution in [3.63, 3.8) is 0 Å². The molecule has 0 aliphatic rings. The van der Waals surface area contributed by atoms with Crippen LogP contribution in [0.1, 0.15) is 33.2 Å². The molecule has 0 saturated carbocycles. The van der Waals surface area contributed by atoms with Gasteiger partial charge in [0, 0.05) is 18.0 Å². The van der Waals surface area contributed by atoms with E-state index in [0.29, 0.717) is 34.5 Å². The summed E-state index contributed by atoms with van der Waals surface area (Å²) in [6.45, 7) is 2.68. The monoisotopic (exact) mass is 456 g/mol. The Morgan fingerprint density at radius 2 is 1.84 bits per heavy atom. The van der Waals surface area contributed by atoms with E-state index in [1.54, 1.807) is 31.4 Å². The van der Waals surface area contributed by atoms with Gasteiger partial charge in [0.2, 0.25) is 10.9 Å². The second-order valence-electron chi connectivity index (χ2n) is 6.79. The van der Waals surface area contributed by atoms with E-state index >= 15 is 0 Å². The highest BCUT2D eigenvalue weighted by Crippen LogP contribution is 2.20. The molecule has 3 rings (SSSR count). The summed E-state index contributed by atoms with van der Waals surface area (Å²) in [7, 11) is 1.59. The van der Waals surface area contributed by atoms with Crippen LogP contribution in [-0.4, -0.2) is 41.4 Å². The van der Waals surface area contributed by atoms with Crippen LogP contribution in [0.5, 0.6) is 5.75 Å². The van der Waals surface area contributed by atoms with Gasteiger partial charge in [0.25, 0.3) is 5.91 Å². The van der Waals surface area contributed by atoms with Crippen LogP contribution in [0.2, 0.25) is 0 Å². The maximum atomic E-state index is 12.3. The molecular weight excluding hydrogens is 432 g/mol. The van der Waals surface area contributed by atoms with Crippen LogP contribution >= 0.6 is 23.1 Å². The number of amides is 2. The molecule has 2 amide bonds. The van der Waals surface area contributed by atoms with Crippen LogP contribution in [-0.2, 0) is 10.5 Å². The third-order valence-corrected chi connectivity index (χ3v) is 6.49. The Morgan fingerprint density at radius 3 is 2.55 bits per heavy atom. The first-order valence-corrected chi connectivity index (χ1v) is 11.7. The predicted octanol–water partition coefficient (Wildman–Crippen LogP) is 3.95. The van der Waals surface area contributed by atoms with Crippen LogP contribution in [0.25, 0.3) is 0 Å². The zero-order valence-corrected chi connectivity index (χ0v) is 19.0. The zero-order valence-electron chi connectivity index (χ0n) is 17.3. The lowest BCUT2D eigenvalue weighted by Crippen LogP contribution is -2.29. The van der Waals surface area contributed by atoms with Crippen LogP contribution in [0, 0.1) is 0 Å². The van der Waals surface area contributed by atoms with E-state index in [-0.39, 0.29) is 22.7 Å². The highest BCUT2D eigenvalue weighted by atomic mass is 32.2. The van der Waals surface area contributed by atoms with E-state index in [4.69, 9.17) is 4.74 Å². The van der Waals surface area contributed by atoms with Gasteiger partial charge in [-0.1, -0.05) is 48.6 Å². The number of carbonyl (C=O) groups is 2. The first kappa shape index (κ1) is 22.8. The molecule has 0 bridgehead atoms. The molecule has 7 nitrogen and oxygen atoms in total. The molecule has 1 heterocycles. The van der Waals surface area contributed by atoms with Gasteiger partial charge in [-0.05, 0) is 35.7 Å². The molecule has 0 spiro atoms. The lowest BCUT2D eigenvalue weighted by molar-refractivity contribution is -0.118. The largest absolute Gasteiger partial charge is 0.497 e. The summed E-state index contributed by atoms with van der Waals surface area (Å²) in [5.74, 6) is 1.49. The number of carbonyl (C=O) groups excluding carboxylic acids is 2. The Morgan fingerprint density at radius 1 is 1.10 bits per heavy atom. The molecule has 162 valence electrons. The fourth-order valence-corrected chi connectivity index (χ4v) is 4.35. The van der Waals surface area contributed by atoms with Crippen molar-refractivity contribution in [2.75, 3.05) is 24.7 Å². The van der Waals surface area contributed by atoms with Crippen molar-refractivity contribution in [3.8, 4) is 5.75 Å². The lowest BCUT2D eigenvalue weighted by atomic mass is 10.0. The molecule has 31 heavy (non-hydrogen) atoms. The summed E-state index contributed by atoms with van der Waals surface area (Å²) >= 11 is 2.67. The van der Waals surface area contributed by atoms with E-state index in [1.165, 1.54) is 28.7 Å². The summed E-state index contributed by atoms with van der Waals surface area (Å²) in [4.78, 5) is 24.4. The summed E-state index contributed by atoms with van der Waals surface area (Å²) < 4.78 is 5.10. The number of aromatic nitrogens is 2. The normalized spacial score (nSPS) is 11.5. The highest BCUT2D eigenvalue weighted by Gasteiger charge is 2.14. The highest BCUT2D eigenvalue weighted by molar-refractivity contribution is 7.99. The summed E-state index contributed by atoms with van der Waals surface area (Å²) in [6.07, 6.45) is 0. The number of methoxy groups -OCH3 is 1. The van der Waals surface area contributed by atoms with E-state index in [0.717, 1.165) is 0 Å². The van der Waals surface area contributed by atoms with Crippen molar-refractivity contribution < 1.29 is 14.3 Å². The molecule has 0 fully saturated rings. The van der Waals surface area contributed by atoms with E-state index in [1.807, 2.05) is 18.2 Å². The maximum absolute atomic E-state index is 12.3. The van der Waals surface area contributed by atoms with E-state index in [9.17, 15) is 9.59 Å². The zero-order chi connectivity index (χ0) is 22.1. The van der Waals surface area contributed by atoms with Gasteiger partial charge in [0.05, 0.1) is 12.9 Å². The number of rotatable bonds is 10. The lowest BCUT2D eigenvalue weighted by Gasteiger charge is -2.12. The van der Waals surface area contributed by atoms with Crippen LogP contribution in [0.4, 0.5) is 5.69 Å². The molecule has 0 aliphatic carbocycles. The van der Waals surface area contributed by atoms with E-state index < -0.39 is 0 Å². The second-order valence-corrected chi connectivity index (χ2v) is 8.84. The van der Waals surface area contributed by atoms with Crippen molar-refractivity contribution in [3.05, 3.63) is 70.2 Å². The van der Waals surface area contributed by atoms with Gasteiger partial charge in [-0.3, -0.25) is 9.59 Å². The number of hydrogen-bond acceptors (Lipinski definition) is 7. The third kappa shape index (κ3) is 7.08. The topological polar surface area (TPSA) is 93.2 Å². The third-order valence-electron chi connectivity index (χ3n) is 4.44. The van der Waals surface area contributed by atoms with Gasteiger partial charge in [0.15, 0.2) is 0 Å². The van der Waals surface area contributed by atoms with Crippen molar-refractivity contribution >= 4 is 40.6 Å². The van der Waals surface area contributed by atoms with Crippen molar-refractivity contribution in [1.29, 1.82) is 0 Å². The standard InChI is InChI=1S/C22H24N4O3S2/c1-15(16-6-4-3-5-7-16)12-23-19(27)13-30-14-20-25-26-22(31-20)21(28)24-17-8-10-18(29-2)11-9-17/h3-11,15H,12-14H2,1-2H3,(H,23,27)(H,24,28). The van der Waals surface area contributed by atoms with Gasteiger partial charge < -0.3 is 15.4 Å². The Bertz CT molecular complexity index is 994. The molecule has 1 atom stereocenters. The van der Waals surface area contributed by atoms with Gasteiger partial charge >= 0.3 is 0 Å². The Labute approximate surface area is 189 Å². The predicted molar refractivity (Wildman–Crippen MR) is 125 cm³/mol. The quantitative estimate of drug-likeness (QED) is 0.480. The van der Waals surface area contributed by atoms with Gasteiger partial charge in [-0.25, -0.2) is 0 Å². The molecule has 0 aliphatic heterocycles. The minimum Gasteiger partial charge on any atom is -0.497 e. The maximum Gasteiger partial charge on any atom is 0.286 e. The smallest absolute Gasteiger partial charge is 0.286 e. The Hall–Kier alpha value is -2.91. The summed E-state index contributed by atoms with van der Waals surface area (Å²) in [5.41, 5.74) is 1.85. The first-order valence-electron chi connectivity index (χ1n) is 9.72. The molecule has 1 unspecified atom stereocenters. The van der Waals surface area contributed by atoms with Crippen LogP contribution < -0.4 is 15.4 Å². The number of thioether (sulfide) groups is 1. The van der Waals surface area contributed by atoms with Crippen molar-refractivity contribution in [2.24, 2.45) is 0 Å². The molecule has 2 N–H and O–H groups in total. The molecule has 0 saturated heterocycles.